The van der Waals surface area contributed by atoms with E-state index in [0.717, 1.165) is 42.9 Å². The van der Waals surface area contributed by atoms with Crippen LogP contribution in [-0.4, -0.2) is 68.2 Å². The maximum absolute atomic E-state index is 11.1. The second-order valence-electron chi connectivity index (χ2n) is 7.00. The van der Waals surface area contributed by atoms with Gasteiger partial charge < -0.3 is 14.8 Å². The largest absolute Gasteiger partial charge is 0.369 e. The van der Waals surface area contributed by atoms with Crippen LogP contribution >= 0.6 is 0 Å². The Hall–Kier alpha value is -3.53. The number of rotatable bonds is 3. The van der Waals surface area contributed by atoms with E-state index in [4.69, 9.17) is 0 Å². The lowest BCUT2D eigenvalue weighted by Crippen LogP contribution is -2.44. The van der Waals surface area contributed by atoms with Crippen molar-refractivity contribution in [3.63, 3.8) is 0 Å². The van der Waals surface area contributed by atoms with Gasteiger partial charge in [-0.2, -0.15) is 5.10 Å². The number of nitro groups is 1. The Morgan fingerprint density at radius 2 is 2.00 bits per heavy atom. The first kappa shape index (κ1) is 16.6. The van der Waals surface area contributed by atoms with Gasteiger partial charge in [-0.05, 0) is 25.2 Å². The van der Waals surface area contributed by atoms with Gasteiger partial charge in [0, 0.05) is 37.9 Å². The van der Waals surface area contributed by atoms with E-state index < -0.39 is 4.92 Å². The van der Waals surface area contributed by atoms with Gasteiger partial charge in [0.05, 0.1) is 21.3 Å². The Labute approximate surface area is 159 Å². The minimum absolute atomic E-state index is 0.0800. The molecule has 0 amide bonds. The molecule has 3 aromatic heterocycles. The number of aromatic amines is 2. The van der Waals surface area contributed by atoms with Crippen molar-refractivity contribution in [3.8, 4) is 11.5 Å². The molecular formula is C18H18N8O2. The molecule has 1 aliphatic heterocycles. The molecule has 2 N–H and O–H groups in total. The zero-order valence-corrected chi connectivity index (χ0v) is 15.2. The van der Waals surface area contributed by atoms with E-state index in [1.54, 1.807) is 0 Å². The fourth-order valence-corrected chi connectivity index (χ4v) is 3.55. The summed E-state index contributed by atoms with van der Waals surface area (Å²) in [6.45, 7) is 4.06. The van der Waals surface area contributed by atoms with Gasteiger partial charge in [-0.15, -0.1) is 0 Å². The van der Waals surface area contributed by atoms with E-state index >= 15 is 0 Å². The molecule has 142 valence electrons. The Morgan fingerprint density at radius 1 is 1.18 bits per heavy atom. The van der Waals surface area contributed by atoms with Crippen LogP contribution in [0.3, 0.4) is 0 Å². The van der Waals surface area contributed by atoms with Crippen molar-refractivity contribution in [1.29, 1.82) is 0 Å². The summed E-state index contributed by atoms with van der Waals surface area (Å²) in [4.78, 5) is 27.3. The third-order valence-corrected chi connectivity index (χ3v) is 5.18. The summed E-state index contributed by atoms with van der Waals surface area (Å²) < 4.78 is 0. The lowest BCUT2D eigenvalue weighted by atomic mass is 10.2. The molecule has 0 radical (unpaired) electrons. The molecule has 0 bridgehead atoms. The highest BCUT2D eigenvalue weighted by Gasteiger charge is 2.18. The van der Waals surface area contributed by atoms with Crippen molar-refractivity contribution in [2.75, 3.05) is 38.1 Å². The quantitative estimate of drug-likeness (QED) is 0.414. The molecule has 10 heteroatoms. The number of nitrogens with zero attached hydrogens (tertiary/aromatic N) is 6. The number of pyridine rings is 1. The van der Waals surface area contributed by atoms with E-state index in [1.807, 2.05) is 6.07 Å². The highest BCUT2D eigenvalue weighted by molar-refractivity contribution is 5.92. The molecule has 5 rings (SSSR count). The van der Waals surface area contributed by atoms with E-state index in [0.29, 0.717) is 22.6 Å². The number of fused-ring (bicyclic) bond motifs is 2. The predicted octanol–water partition coefficient (Wildman–Crippen LogP) is 2.16. The van der Waals surface area contributed by atoms with Crippen LogP contribution < -0.4 is 4.90 Å². The topological polar surface area (TPSA) is 120 Å². The first-order valence-corrected chi connectivity index (χ1v) is 9.00. The highest BCUT2D eigenvalue weighted by atomic mass is 16.6. The molecule has 4 heterocycles. The van der Waals surface area contributed by atoms with Crippen LogP contribution in [0.15, 0.2) is 30.5 Å². The van der Waals surface area contributed by atoms with E-state index in [2.05, 4.69) is 54.1 Å². The zero-order valence-electron chi connectivity index (χ0n) is 15.2. The number of H-pyrrole nitrogens is 2. The van der Waals surface area contributed by atoms with Crippen molar-refractivity contribution < 1.29 is 4.92 Å². The lowest BCUT2D eigenvalue weighted by molar-refractivity contribution is -0.385. The maximum atomic E-state index is 11.1. The average molecular weight is 378 g/mol. The number of likely N-dealkylation sites (N-methyl/N-ethyl adjacent to an activating group) is 1. The number of benzene rings is 1. The zero-order chi connectivity index (χ0) is 19.3. The molecule has 1 fully saturated rings. The Kier molecular flexibility index (Phi) is 3.72. The lowest BCUT2D eigenvalue weighted by Gasteiger charge is -2.34. The number of imidazole rings is 1. The summed E-state index contributed by atoms with van der Waals surface area (Å²) in [5.41, 5.74) is 3.82. The number of aromatic nitrogens is 5. The summed E-state index contributed by atoms with van der Waals surface area (Å²) >= 11 is 0. The van der Waals surface area contributed by atoms with Crippen LogP contribution in [0, 0.1) is 10.1 Å². The Balaban J connectivity index is 1.54. The fraction of sp³-hybridized carbons (Fsp3) is 0.278. The summed E-state index contributed by atoms with van der Waals surface area (Å²) in [5, 5.41) is 18.7. The molecule has 0 unspecified atom stereocenters. The molecule has 1 saturated heterocycles. The van der Waals surface area contributed by atoms with Crippen LogP contribution in [0.5, 0.6) is 0 Å². The molecule has 28 heavy (non-hydrogen) atoms. The van der Waals surface area contributed by atoms with Crippen molar-refractivity contribution in [1.82, 2.24) is 30.0 Å². The van der Waals surface area contributed by atoms with Gasteiger partial charge in [-0.25, -0.2) is 9.97 Å². The van der Waals surface area contributed by atoms with E-state index in [9.17, 15) is 10.1 Å². The van der Waals surface area contributed by atoms with Gasteiger partial charge in [0.1, 0.15) is 11.9 Å². The normalized spacial score (nSPS) is 15.5. The first-order valence-electron chi connectivity index (χ1n) is 9.00. The maximum Gasteiger partial charge on any atom is 0.288 e. The number of nitrogens with one attached hydrogen (secondary N) is 2. The summed E-state index contributed by atoms with van der Waals surface area (Å²) in [7, 11) is 2.13. The second kappa shape index (κ2) is 6.27. The summed E-state index contributed by atoms with van der Waals surface area (Å²) in [5.74, 6) is 0.579. The van der Waals surface area contributed by atoms with Crippen molar-refractivity contribution in [3.05, 3.63) is 40.6 Å². The molecular weight excluding hydrogens is 360 g/mol. The van der Waals surface area contributed by atoms with Crippen LogP contribution in [-0.2, 0) is 0 Å². The van der Waals surface area contributed by atoms with Crippen molar-refractivity contribution in [2.24, 2.45) is 0 Å². The van der Waals surface area contributed by atoms with Gasteiger partial charge in [0.25, 0.3) is 5.69 Å². The van der Waals surface area contributed by atoms with Gasteiger partial charge in [-0.1, -0.05) is 0 Å². The molecule has 0 atom stereocenters. The minimum Gasteiger partial charge on any atom is -0.369 e. The highest BCUT2D eigenvalue weighted by Crippen LogP contribution is 2.29. The predicted molar refractivity (Wildman–Crippen MR) is 105 cm³/mol. The standard InChI is InChI=1S/C18H18N8O2/c1-24-4-6-25(7-5-24)11-2-3-14-15(9-11)21-18(20-14)16-13-8-12(26(27)28)10-19-17(13)23-22-16/h2-3,8-10H,4-7H2,1H3,(H,20,21)(H,19,22,23). The number of piperazine rings is 1. The number of anilines is 1. The van der Waals surface area contributed by atoms with Gasteiger partial charge >= 0.3 is 0 Å². The molecule has 1 aliphatic rings. The molecule has 0 saturated carbocycles. The molecule has 0 spiro atoms. The smallest absolute Gasteiger partial charge is 0.288 e. The fourth-order valence-electron chi connectivity index (χ4n) is 3.55. The third kappa shape index (κ3) is 2.74. The van der Waals surface area contributed by atoms with Gasteiger partial charge in [0.2, 0.25) is 0 Å². The summed E-state index contributed by atoms with van der Waals surface area (Å²) in [6, 6.07) is 7.62. The van der Waals surface area contributed by atoms with Crippen LogP contribution in [0.2, 0.25) is 0 Å². The monoisotopic (exact) mass is 378 g/mol. The molecule has 1 aromatic carbocycles. The Bertz CT molecular complexity index is 1190. The Morgan fingerprint density at radius 3 is 2.79 bits per heavy atom. The van der Waals surface area contributed by atoms with Crippen LogP contribution in [0.1, 0.15) is 0 Å². The van der Waals surface area contributed by atoms with E-state index in [1.165, 1.54) is 12.3 Å². The third-order valence-electron chi connectivity index (χ3n) is 5.18. The number of hydrogen-bond acceptors (Lipinski definition) is 7. The van der Waals surface area contributed by atoms with Crippen LogP contribution in [0.25, 0.3) is 33.6 Å². The van der Waals surface area contributed by atoms with Gasteiger partial charge in [-0.3, -0.25) is 15.2 Å². The van der Waals surface area contributed by atoms with E-state index in [-0.39, 0.29) is 5.69 Å². The second-order valence-corrected chi connectivity index (χ2v) is 7.00. The minimum atomic E-state index is -0.468. The van der Waals surface area contributed by atoms with Crippen molar-refractivity contribution >= 4 is 33.4 Å². The molecule has 4 aromatic rings. The number of hydrogen-bond donors (Lipinski definition) is 2. The average Bonchev–Trinajstić information content (AvgIpc) is 3.31. The van der Waals surface area contributed by atoms with Crippen molar-refractivity contribution in [2.45, 2.75) is 0 Å². The molecule has 0 aliphatic carbocycles. The SMILES string of the molecule is CN1CCN(c2ccc3nc(-c4[nH]nc5ncc([N+](=O)[O-])cc45)[nH]c3c2)CC1. The molecule has 10 nitrogen and oxygen atoms in total. The van der Waals surface area contributed by atoms with Crippen LogP contribution in [0.4, 0.5) is 11.4 Å². The first-order chi connectivity index (χ1) is 13.6. The van der Waals surface area contributed by atoms with Gasteiger partial charge in [0.15, 0.2) is 11.5 Å². The summed E-state index contributed by atoms with van der Waals surface area (Å²) in [6.07, 6.45) is 1.20.